The van der Waals surface area contributed by atoms with Gasteiger partial charge in [0.1, 0.15) is 12.4 Å². The lowest BCUT2D eigenvalue weighted by Crippen LogP contribution is -2.10. The van der Waals surface area contributed by atoms with Crippen LogP contribution in [0.1, 0.15) is 24.2 Å². The van der Waals surface area contributed by atoms with Crippen molar-refractivity contribution in [2.75, 3.05) is 26.4 Å². The maximum atomic E-state index is 11.5. The van der Waals surface area contributed by atoms with Crippen LogP contribution in [0.3, 0.4) is 0 Å². The van der Waals surface area contributed by atoms with E-state index in [9.17, 15) is 4.79 Å². The topological polar surface area (TPSA) is 54.0 Å². The number of rotatable bonds is 8. The van der Waals surface area contributed by atoms with Crippen molar-refractivity contribution in [2.24, 2.45) is 0 Å². The van der Waals surface area contributed by atoms with Crippen LogP contribution >= 0.6 is 0 Å². The standard InChI is InChI=1S/C13H18O5/c1-3-15-9-10-17-18-13(14)11-5-7-12(8-6-11)16-4-2/h5-8H,3-4,9-10H2,1-2H3. The highest BCUT2D eigenvalue weighted by Crippen LogP contribution is 2.12. The molecule has 0 spiro atoms. The summed E-state index contributed by atoms with van der Waals surface area (Å²) in [5.74, 6) is 0.181. The molecule has 0 unspecified atom stereocenters. The van der Waals surface area contributed by atoms with Gasteiger partial charge in [-0.1, -0.05) is 0 Å². The van der Waals surface area contributed by atoms with E-state index in [1.165, 1.54) is 0 Å². The maximum absolute atomic E-state index is 11.5. The second-order valence-electron chi connectivity index (χ2n) is 3.35. The van der Waals surface area contributed by atoms with Crippen LogP contribution in [0.5, 0.6) is 5.75 Å². The monoisotopic (exact) mass is 254 g/mol. The molecule has 0 saturated carbocycles. The fourth-order valence-corrected chi connectivity index (χ4v) is 1.23. The van der Waals surface area contributed by atoms with E-state index in [0.29, 0.717) is 31.1 Å². The highest BCUT2D eigenvalue weighted by atomic mass is 17.2. The quantitative estimate of drug-likeness (QED) is 0.404. The van der Waals surface area contributed by atoms with Crippen LogP contribution < -0.4 is 4.74 Å². The minimum atomic E-state index is -0.533. The molecule has 0 radical (unpaired) electrons. The third kappa shape index (κ3) is 5.16. The predicted molar refractivity (Wildman–Crippen MR) is 65.5 cm³/mol. The van der Waals surface area contributed by atoms with Crippen LogP contribution in [-0.2, 0) is 14.5 Å². The first kappa shape index (κ1) is 14.5. The maximum Gasteiger partial charge on any atom is 0.373 e. The van der Waals surface area contributed by atoms with Crippen molar-refractivity contribution in [1.29, 1.82) is 0 Å². The Labute approximate surface area is 107 Å². The molecule has 100 valence electrons. The Kier molecular flexibility index (Phi) is 6.83. The van der Waals surface area contributed by atoms with E-state index in [-0.39, 0.29) is 6.61 Å². The number of benzene rings is 1. The molecule has 1 aromatic carbocycles. The first-order valence-electron chi connectivity index (χ1n) is 5.92. The predicted octanol–water partition coefficient (Wildman–Crippen LogP) is 2.21. The summed E-state index contributed by atoms with van der Waals surface area (Å²) in [4.78, 5) is 20.9. The van der Waals surface area contributed by atoms with Crippen molar-refractivity contribution < 1.29 is 24.0 Å². The summed E-state index contributed by atoms with van der Waals surface area (Å²) in [6, 6.07) is 6.67. The molecule has 0 aliphatic heterocycles. The molecule has 5 nitrogen and oxygen atoms in total. The van der Waals surface area contributed by atoms with Gasteiger partial charge in [0.2, 0.25) is 0 Å². The second kappa shape index (κ2) is 8.49. The molecule has 0 heterocycles. The van der Waals surface area contributed by atoms with E-state index < -0.39 is 5.97 Å². The van der Waals surface area contributed by atoms with Gasteiger partial charge in [0.25, 0.3) is 0 Å². The average Bonchev–Trinajstić information content (AvgIpc) is 2.39. The first-order chi connectivity index (χ1) is 8.77. The van der Waals surface area contributed by atoms with Crippen LogP contribution in [0, 0.1) is 0 Å². The van der Waals surface area contributed by atoms with Gasteiger partial charge in [0.05, 0.1) is 18.8 Å². The largest absolute Gasteiger partial charge is 0.494 e. The molecule has 0 fully saturated rings. The highest BCUT2D eigenvalue weighted by molar-refractivity contribution is 5.89. The average molecular weight is 254 g/mol. The van der Waals surface area contributed by atoms with Gasteiger partial charge in [0.15, 0.2) is 0 Å². The molecule has 0 aliphatic carbocycles. The number of hydrogen-bond acceptors (Lipinski definition) is 5. The SMILES string of the molecule is CCOCCOOC(=O)c1ccc(OCC)cc1. The highest BCUT2D eigenvalue weighted by Gasteiger charge is 2.08. The van der Waals surface area contributed by atoms with Crippen molar-refractivity contribution >= 4 is 5.97 Å². The number of carbonyl (C=O) groups excluding carboxylic acids is 1. The zero-order valence-corrected chi connectivity index (χ0v) is 10.7. The van der Waals surface area contributed by atoms with Crippen LogP contribution in [0.15, 0.2) is 24.3 Å². The zero-order valence-electron chi connectivity index (χ0n) is 10.7. The summed E-state index contributed by atoms with van der Waals surface area (Å²) in [6.45, 7) is 5.59. The molecule has 1 aromatic rings. The van der Waals surface area contributed by atoms with E-state index in [2.05, 4.69) is 4.89 Å². The van der Waals surface area contributed by atoms with Crippen LogP contribution in [0.25, 0.3) is 0 Å². The van der Waals surface area contributed by atoms with Crippen LogP contribution in [0.4, 0.5) is 0 Å². The fraction of sp³-hybridized carbons (Fsp3) is 0.462. The summed E-state index contributed by atoms with van der Waals surface area (Å²) >= 11 is 0. The Balaban J connectivity index is 2.32. The lowest BCUT2D eigenvalue weighted by atomic mass is 10.2. The van der Waals surface area contributed by atoms with E-state index in [1.54, 1.807) is 24.3 Å². The minimum absolute atomic E-state index is 0.219. The van der Waals surface area contributed by atoms with Gasteiger partial charge in [-0.3, -0.25) is 4.89 Å². The van der Waals surface area contributed by atoms with Crippen molar-refractivity contribution in [2.45, 2.75) is 13.8 Å². The smallest absolute Gasteiger partial charge is 0.373 e. The van der Waals surface area contributed by atoms with Crippen LogP contribution in [0.2, 0.25) is 0 Å². The molecule has 0 saturated heterocycles. The fourth-order valence-electron chi connectivity index (χ4n) is 1.23. The lowest BCUT2D eigenvalue weighted by molar-refractivity contribution is -0.247. The molecule has 1 rings (SSSR count). The Bertz CT molecular complexity index is 347. The van der Waals surface area contributed by atoms with E-state index in [1.807, 2.05) is 13.8 Å². The van der Waals surface area contributed by atoms with E-state index >= 15 is 0 Å². The second-order valence-corrected chi connectivity index (χ2v) is 3.35. The Hall–Kier alpha value is -1.59. The van der Waals surface area contributed by atoms with Gasteiger partial charge in [0, 0.05) is 6.61 Å². The molecule has 0 amide bonds. The number of hydrogen-bond donors (Lipinski definition) is 0. The third-order valence-corrected chi connectivity index (χ3v) is 2.05. The third-order valence-electron chi connectivity index (χ3n) is 2.05. The van der Waals surface area contributed by atoms with Crippen molar-refractivity contribution in [3.05, 3.63) is 29.8 Å². The van der Waals surface area contributed by atoms with E-state index in [4.69, 9.17) is 14.4 Å². The van der Waals surface area contributed by atoms with Crippen molar-refractivity contribution in [3.63, 3.8) is 0 Å². The van der Waals surface area contributed by atoms with E-state index in [0.717, 1.165) is 0 Å². The Morgan fingerprint density at radius 3 is 2.39 bits per heavy atom. The van der Waals surface area contributed by atoms with Crippen molar-refractivity contribution in [1.82, 2.24) is 0 Å². The molecule has 0 atom stereocenters. The van der Waals surface area contributed by atoms with Gasteiger partial charge >= 0.3 is 5.97 Å². The number of ether oxygens (including phenoxy) is 2. The molecular formula is C13H18O5. The Morgan fingerprint density at radius 1 is 1.06 bits per heavy atom. The molecule has 0 N–H and O–H groups in total. The minimum Gasteiger partial charge on any atom is -0.494 e. The normalized spacial score (nSPS) is 10.1. The van der Waals surface area contributed by atoms with Crippen LogP contribution in [-0.4, -0.2) is 32.4 Å². The molecule has 0 aliphatic rings. The molecular weight excluding hydrogens is 236 g/mol. The molecule has 18 heavy (non-hydrogen) atoms. The van der Waals surface area contributed by atoms with Gasteiger partial charge in [-0.25, -0.2) is 4.79 Å². The summed E-state index contributed by atoms with van der Waals surface area (Å²) < 4.78 is 10.3. The summed E-state index contributed by atoms with van der Waals surface area (Å²) in [7, 11) is 0. The molecule has 0 bridgehead atoms. The van der Waals surface area contributed by atoms with Crippen molar-refractivity contribution in [3.8, 4) is 5.75 Å². The molecule has 5 heteroatoms. The van der Waals surface area contributed by atoms with Gasteiger partial charge in [-0.2, -0.15) is 4.89 Å². The van der Waals surface area contributed by atoms with Gasteiger partial charge in [-0.15, -0.1) is 0 Å². The molecule has 0 aromatic heterocycles. The Morgan fingerprint density at radius 2 is 1.78 bits per heavy atom. The summed E-state index contributed by atoms with van der Waals surface area (Å²) in [5, 5.41) is 0. The van der Waals surface area contributed by atoms with Gasteiger partial charge in [-0.05, 0) is 38.1 Å². The lowest BCUT2D eigenvalue weighted by Gasteiger charge is -2.05. The first-order valence-corrected chi connectivity index (χ1v) is 5.92. The summed E-state index contributed by atoms with van der Waals surface area (Å²) in [6.07, 6.45) is 0. The van der Waals surface area contributed by atoms with Gasteiger partial charge < -0.3 is 9.47 Å². The number of carbonyl (C=O) groups is 1. The summed E-state index contributed by atoms with van der Waals surface area (Å²) in [5.41, 5.74) is 0.412. The zero-order chi connectivity index (χ0) is 13.2.